The second-order valence-electron chi connectivity index (χ2n) is 4.64. The Bertz CT molecular complexity index is 189. The van der Waals surface area contributed by atoms with Gasteiger partial charge in [0.2, 0.25) is 0 Å². The summed E-state index contributed by atoms with van der Waals surface area (Å²) in [5.74, 6) is 3.36. The van der Waals surface area contributed by atoms with Crippen LogP contribution in [0.25, 0.3) is 0 Å². The van der Waals surface area contributed by atoms with Crippen molar-refractivity contribution in [2.75, 3.05) is 51.0 Å². The Morgan fingerprint density at radius 2 is 2.00 bits per heavy atom. The van der Waals surface area contributed by atoms with E-state index in [1.807, 2.05) is 18.7 Å². The Hall–Kier alpha value is 0.190. The summed E-state index contributed by atoms with van der Waals surface area (Å²) in [4.78, 5) is 0. The van der Waals surface area contributed by atoms with Crippen molar-refractivity contribution in [2.24, 2.45) is 5.92 Å². The Kier molecular flexibility index (Phi) is 9.98. The first-order valence-electron chi connectivity index (χ1n) is 6.95. The number of nitrogens with one attached hydrogen (secondary N) is 1. The molecule has 108 valence electrons. The van der Waals surface area contributed by atoms with Crippen molar-refractivity contribution < 1.29 is 14.6 Å². The number of aliphatic hydroxyl groups is 1. The molecular formula is C13H27NO3S. The minimum atomic E-state index is -0.412. The van der Waals surface area contributed by atoms with Crippen LogP contribution in [0, 0.1) is 5.92 Å². The highest BCUT2D eigenvalue weighted by Gasteiger charge is 2.13. The van der Waals surface area contributed by atoms with Gasteiger partial charge in [-0.3, -0.25) is 0 Å². The van der Waals surface area contributed by atoms with Gasteiger partial charge in [-0.2, -0.15) is 11.8 Å². The minimum absolute atomic E-state index is 0.389. The summed E-state index contributed by atoms with van der Waals surface area (Å²) >= 11 is 2.05. The average molecular weight is 277 g/mol. The van der Waals surface area contributed by atoms with Gasteiger partial charge in [-0.1, -0.05) is 0 Å². The third-order valence-electron chi connectivity index (χ3n) is 3.04. The maximum Gasteiger partial charge on any atom is 0.0897 e. The molecule has 0 aromatic carbocycles. The molecule has 0 amide bonds. The Morgan fingerprint density at radius 3 is 2.72 bits per heavy atom. The number of hydrogen-bond acceptors (Lipinski definition) is 5. The van der Waals surface area contributed by atoms with Gasteiger partial charge >= 0.3 is 0 Å². The minimum Gasteiger partial charge on any atom is -0.389 e. The van der Waals surface area contributed by atoms with Crippen molar-refractivity contribution in [3.05, 3.63) is 0 Å². The van der Waals surface area contributed by atoms with Gasteiger partial charge in [-0.25, -0.2) is 0 Å². The zero-order chi connectivity index (χ0) is 13.1. The summed E-state index contributed by atoms with van der Waals surface area (Å²) in [6.45, 7) is 5.88. The van der Waals surface area contributed by atoms with Gasteiger partial charge < -0.3 is 19.9 Å². The molecule has 0 radical (unpaired) electrons. The van der Waals surface area contributed by atoms with Gasteiger partial charge in [0, 0.05) is 13.2 Å². The van der Waals surface area contributed by atoms with Crippen LogP contribution in [0.15, 0.2) is 0 Å². The first kappa shape index (κ1) is 16.2. The fourth-order valence-electron chi connectivity index (χ4n) is 1.95. The number of rotatable bonds is 10. The van der Waals surface area contributed by atoms with Crippen LogP contribution in [0.5, 0.6) is 0 Å². The number of ether oxygens (including phenoxy) is 2. The lowest BCUT2D eigenvalue weighted by Gasteiger charge is -2.22. The van der Waals surface area contributed by atoms with E-state index in [0.717, 1.165) is 12.5 Å². The third kappa shape index (κ3) is 8.32. The van der Waals surface area contributed by atoms with Gasteiger partial charge in [-0.05, 0) is 43.7 Å². The largest absolute Gasteiger partial charge is 0.389 e. The first-order valence-corrected chi connectivity index (χ1v) is 8.10. The average Bonchev–Trinajstić information content (AvgIpc) is 2.40. The summed E-state index contributed by atoms with van der Waals surface area (Å²) in [6.07, 6.45) is 2.20. The Morgan fingerprint density at radius 1 is 1.28 bits per heavy atom. The molecule has 1 atom stereocenters. The summed E-state index contributed by atoms with van der Waals surface area (Å²) in [5.41, 5.74) is 0. The predicted octanol–water partition coefficient (Wildman–Crippen LogP) is 1.13. The number of aliphatic hydroxyl groups excluding tert-OH is 1. The van der Waals surface area contributed by atoms with E-state index in [0.29, 0.717) is 33.0 Å². The SMILES string of the molecule is CCOCCOCC(O)CNCC1CCSCC1. The summed E-state index contributed by atoms with van der Waals surface area (Å²) in [7, 11) is 0. The fraction of sp³-hybridized carbons (Fsp3) is 1.00. The highest BCUT2D eigenvalue weighted by atomic mass is 32.2. The molecule has 1 saturated heterocycles. The van der Waals surface area contributed by atoms with Gasteiger partial charge in [-0.15, -0.1) is 0 Å². The van der Waals surface area contributed by atoms with Gasteiger partial charge in [0.1, 0.15) is 0 Å². The maximum absolute atomic E-state index is 9.70. The molecule has 0 bridgehead atoms. The molecule has 1 aliphatic rings. The van der Waals surface area contributed by atoms with Crippen molar-refractivity contribution in [3.63, 3.8) is 0 Å². The second kappa shape index (κ2) is 11.1. The van der Waals surface area contributed by atoms with Crippen LogP contribution >= 0.6 is 11.8 Å². The molecule has 0 aromatic rings. The molecule has 1 aliphatic heterocycles. The lowest BCUT2D eigenvalue weighted by molar-refractivity contribution is 0.00629. The van der Waals surface area contributed by atoms with Crippen LogP contribution in [-0.4, -0.2) is 62.2 Å². The van der Waals surface area contributed by atoms with Crippen LogP contribution in [0.1, 0.15) is 19.8 Å². The molecule has 0 aliphatic carbocycles. The lowest BCUT2D eigenvalue weighted by atomic mass is 10.0. The summed E-state index contributed by atoms with van der Waals surface area (Å²) in [5, 5.41) is 13.0. The highest BCUT2D eigenvalue weighted by molar-refractivity contribution is 7.99. The number of hydrogen-bond donors (Lipinski definition) is 2. The molecule has 2 N–H and O–H groups in total. The third-order valence-corrected chi connectivity index (χ3v) is 4.09. The zero-order valence-corrected chi connectivity index (χ0v) is 12.2. The number of thioether (sulfide) groups is 1. The molecule has 1 heterocycles. The van der Waals surface area contributed by atoms with Crippen LogP contribution < -0.4 is 5.32 Å². The van der Waals surface area contributed by atoms with E-state index in [1.165, 1.54) is 24.3 Å². The molecule has 18 heavy (non-hydrogen) atoms. The molecule has 1 rings (SSSR count). The van der Waals surface area contributed by atoms with E-state index in [1.54, 1.807) is 0 Å². The molecular weight excluding hydrogens is 250 g/mol. The van der Waals surface area contributed by atoms with Gasteiger partial charge in [0.25, 0.3) is 0 Å². The topological polar surface area (TPSA) is 50.7 Å². The predicted molar refractivity (Wildman–Crippen MR) is 76.2 cm³/mol. The van der Waals surface area contributed by atoms with Crippen molar-refractivity contribution in [3.8, 4) is 0 Å². The monoisotopic (exact) mass is 277 g/mol. The first-order chi connectivity index (χ1) is 8.83. The van der Waals surface area contributed by atoms with E-state index in [9.17, 15) is 5.11 Å². The van der Waals surface area contributed by atoms with Crippen molar-refractivity contribution in [1.82, 2.24) is 5.32 Å². The van der Waals surface area contributed by atoms with E-state index < -0.39 is 6.10 Å². The van der Waals surface area contributed by atoms with Crippen molar-refractivity contribution >= 4 is 11.8 Å². The second-order valence-corrected chi connectivity index (χ2v) is 5.86. The molecule has 0 spiro atoms. The summed E-state index contributed by atoms with van der Waals surface area (Å²) < 4.78 is 10.5. The Labute approximate surface area is 115 Å². The summed E-state index contributed by atoms with van der Waals surface area (Å²) in [6, 6.07) is 0. The maximum atomic E-state index is 9.70. The van der Waals surface area contributed by atoms with Crippen molar-refractivity contribution in [1.29, 1.82) is 0 Å². The van der Waals surface area contributed by atoms with Crippen LogP contribution in [0.3, 0.4) is 0 Å². The van der Waals surface area contributed by atoms with Crippen LogP contribution in [-0.2, 0) is 9.47 Å². The lowest BCUT2D eigenvalue weighted by Crippen LogP contribution is -2.34. The zero-order valence-electron chi connectivity index (χ0n) is 11.4. The van der Waals surface area contributed by atoms with Crippen molar-refractivity contribution in [2.45, 2.75) is 25.9 Å². The van der Waals surface area contributed by atoms with E-state index in [4.69, 9.17) is 9.47 Å². The molecule has 5 heteroatoms. The Balaban J connectivity index is 1.88. The normalized spacial score (nSPS) is 19.0. The molecule has 0 saturated carbocycles. The van der Waals surface area contributed by atoms with Crippen LogP contribution in [0.4, 0.5) is 0 Å². The molecule has 1 unspecified atom stereocenters. The van der Waals surface area contributed by atoms with E-state index in [2.05, 4.69) is 5.32 Å². The van der Waals surface area contributed by atoms with E-state index >= 15 is 0 Å². The van der Waals surface area contributed by atoms with Crippen LogP contribution in [0.2, 0.25) is 0 Å². The van der Waals surface area contributed by atoms with E-state index in [-0.39, 0.29) is 0 Å². The molecule has 1 fully saturated rings. The standard InChI is InChI=1S/C13H27NO3S/c1-2-16-5-6-17-11-13(15)10-14-9-12-3-7-18-8-4-12/h12-15H,2-11H2,1H3. The molecule has 0 aromatic heterocycles. The van der Waals surface area contributed by atoms with Gasteiger partial charge in [0.15, 0.2) is 0 Å². The quantitative estimate of drug-likeness (QED) is 0.586. The molecule has 4 nitrogen and oxygen atoms in total. The fourth-order valence-corrected chi connectivity index (χ4v) is 3.15. The highest BCUT2D eigenvalue weighted by Crippen LogP contribution is 2.21. The van der Waals surface area contributed by atoms with Gasteiger partial charge in [0.05, 0.1) is 25.9 Å². The smallest absolute Gasteiger partial charge is 0.0897 e.